The number of esters is 1. The molecule has 2 rings (SSSR count). The molecule has 0 amide bonds. The van der Waals surface area contributed by atoms with Gasteiger partial charge in [-0.05, 0) is 75.7 Å². The molecule has 0 radical (unpaired) electrons. The Balaban J connectivity index is 2.59. The molecule has 278 valence electrons. The van der Waals surface area contributed by atoms with Gasteiger partial charge in [0.25, 0.3) is 0 Å². The van der Waals surface area contributed by atoms with Gasteiger partial charge in [0.2, 0.25) is 3.79 Å². The second kappa shape index (κ2) is 17.9. The summed E-state index contributed by atoms with van der Waals surface area (Å²) in [4.78, 5) is 45.8. The molecule has 0 aromatic carbocycles. The molecule has 8 nitrogen and oxygen atoms in total. The van der Waals surface area contributed by atoms with Gasteiger partial charge in [0.15, 0.2) is 8.32 Å². The van der Waals surface area contributed by atoms with E-state index in [-0.39, 0.29) is 23.2 Å². The highest BCUT2D eigenvalue weighted by molar-refractivity contribution is 7.09. The number of allylic oxidation sites excluding steroid dienone is 1. The van der Waals surface area contributed by atoms with Gasteiger partial charge in [0, 0.05) is 17.2 Å². The second-order valence-electron chi connectivity index (χ2n) is 15.5. The molecular formula is C36H56Cl3NO7SSi. The van der Waals surface area contributed by atoms with Crippen molar-refractivity contribution >= 4 is 78.4 Å². The third kappa shape index (κ3) is 13.6. The fraction of sp³-hybridized carbons (Fsp3) is 0.722. The molecule has 0 fully saturated rings. The SMILES string of the molecule is C/C1=C/C[C@@H](/C(C)=C/c2csc(C)n2)OC(=O)C[C@H](O[Si](C)(C)C(C)(C)C)C(C)(C)C(=O)[C@H](C)[C@@H](OC(=O)OCC(Cl)(Cl)Cl)[C@H](C)CCC1. The number of nitrogens with zero attached hydrogens (tertiary/aromatic N) is 1. The number of rotatable bonds is 6. The molecule has 0 saturated carbocycles. The fourth-order valence-corrected chi connectivity index (χ4v) is 7.78. The van der Waals surface area contributed by atoms with E-state index in [9.17, 15) is 14.4 Å². The summed E-state index contributed by atoms with van der Waals surface area (Å²) in [6.07, 6.45) is 3.49. The number of halogens is 3. The van der Waals surface area contributed by atoms with Crippen LogP contribution < -0.4 is 0 Å². The van der Waals surface area contributed by atoms with Crippen molar-refractivity contribution in [1.82, 2.24) is 4.98 Å². The summed E-state index contributed by atoms with van der Waals surface area (Å²) in [5.74, 6) is -1.64. The van der Waals surface area contributed by atoms with Crippen molar-refractivity contribution in [3.05, 3.63) is 33.3 Å². The minimum Gasteiger partial charge on any atom is -0.457 e. The van der Waals surface area contributed by atoms with E-state index in [0.717, 1.165) is 34.7 Å². The maximum atomic E-state index is 14.6. The molecule has 0 N–H and O–H groups in total. The Bertz CT molecular complexity index is 1360. The van der Waals surface area contributed by atoms with E-state index >= 15 is 0 Å². The average Bonchev–Trinajstić information content (AvgIpc) is 3.38. The summed E-state index contributed by atoms with van der Waals surface area (Å²) in [5.41, 5.74) is 1.68. The Morgan fingerprint density at radius 1 is 1.16 bits per heavy atom. The molecule has 0 unspecified atom stereocenters. The highest BCUT2D eigenvalue weighted by Gasteiger charge is 2.49. The van der Waals surface area contributed by atoms with Crippen molar-refractivity contribution in [2.45, 2.75) is 142 Å². The lowest BCUT2D eigenvalue weighted by molar-refractivity contribution is -0.153. The highest BCUT2D eigenvalue weighted by Crippen LogP contribution is 2.42. The number of ketones is 1. The molecule has 13 heteroatoms. The van der Waals surface area contributed by atoms with E-state index in [2.05, 4.69) is 51.8 Å². The first kappa shape index (κ1) is 43.7. The van der Waals surface area contributed by atoms with Crippen LogP contribution in [0.4, 0.5) is 4.79 Å². The Kier molecular flexibility index (Phi) is 15.9. The number of aromatic nitrogens is 1. The van der Waals surface area contributed by atoms with Crippen LogP contribution in [0.1, 0.15) is 105 Å². The molecule has 0 saturated heterocycles. The Hall–Kier alpha value is -1.43. The van der Waals surface area contributed by atoms with E-state index < -0.39 is 60.5 Å². The summed E-state index contributed by atoms with van der Waals surface area (Å²) in [6, 6.07) is 0. The van der Waals surface area contributed by atoms with Crippen LogP contribution in [-0.4, -0.2) is 59.9 Å². The van der Waals surface area contributed by atoms with Crippen LogP contribution in [0, 0.1) is 24.2 Å². The van der Waals surface area contributed by atoms with Crippen molar-refractivity contribution < 1.29 is 33.0 Å². The Morgan fingerprint density at radius 2 is 1.80 bits per heavy atom. The first-order valence-corrected chi connectivity index (χ1v) is 21.8. The van der Waals surface area contributed by atoms with Gasteiger partial charge in [0.1, 0.15) is 24.6 Å². The number of ether oxygens (including phenoxy) is 3. The van der Waals surface area contributed by atoms with Gasteiger partial charge >= 0.3 is 12.1 Å². The van der Waals surface area contributed by atoms with E-state index in [0.29, 0.717) is 12.8 Å². The van der Waals surface area contributed by atoms with Crippen molar-refractivity contribution in [1.29, 1.82) is 0 Å². The lowest BCUT2D eigenvalue weighted by Gasteiger charge is -2.44. The number of hydrogen-bond donors (Lipinski definition) is 0. The van der Waals surface area contributed by atoms with Gasteiger partial charge in [-0.2, -0.15) is 0 Å². The minimum atomic E-state index is -2.50. The van der Waals surface area contributed by atoms with Crippen LogP contribution in [-0.2, 0) is 28.2 Å². The average molecular weight is 781 g/mol. The zero-order valence-corrected chi connectivity index (χ0v) is 35.3. The van der Waals surface area contributed by atoms with Crippen molar-refractivity contribution in [3.63, 3.8) is 0 Å². The van der Waals surface area contributed by atoms with Gasteiger partial charge in [-0.25, -0.2) is 9.78 Å². The molecule has 49 heavy (non-hydrogen) atoms. The lowest BCUT2D eigenvalue weighted by Crippen LogP contribution is -2.53. The first-order chi connectivity index (χ1) is 22.3. The summed E-state index contributed by atoms with van der Waals surface area (Å²) < 4.78 is 22.2. The molecule has 1 aromatic rings. The second-order valence-corrected chi connectivity index (χ2v) is 23.8. The number of hydrogen-bond acceptors (Lipinski definition) is 9. The molecule has 0 spiro atoms. The van der Waals surface area contributed by atoms with Gasteiger partial charge in [0.05, 0.1) is 29.1 Å². The smallest absolute Gasteiger partial charge is 0.457 e. The van der Waals surface area contributed by atoms with Gasteiger partial charge in [-0.1, -0.05) is 94.9 Å². The monoisotopic (exact) mass is 779 g/mol. The van der Waals surface area contributed by atoms with Crippen LogP contribution in [0.2, 0.25) is 18.1 Å². The number of carbonyl (C=O) groups excluding carboxylic acids is 3. The third-order valence-electron chi connectivity index (χ3n) is 9.79. The molecule has 1 aliphatic rings. The molecule has 0 bridgehead atoms. The molecular weight excluding hydrogens is 725 g/mol. The number of Topliss-reactive ketones (excluding diaryl/α,β-unsaturated/α-hetero) is 1. The summed E-state index contributed by atoms with van der Waals surface area (Å²) in [7, 11) is -2.50. The fourth-order valence-electron chi connectivity index (χ4n) is 5.60. The van der Waals surface area contributed by atoms with Crippen molar-refractivity contribution in [3.8, 4) is 0 Å². The molecule has 5 atom stereocenters. The zero-order valence-electron chi connectivity index (χ0n) is 31.2. The largest absolute Gasteiger partial charge is 0.508 e. The lowest BCUT2D eigenvalue weighted by atomic mass is 9.73. The Morgan fingerprint density at radius 3 is 2.35 bits per heavy atom. The van der Waals surface area contributed by atoms with Crippen LogP contribution >= 0.6 is 46.1 Å². The van der Waals surface area contributed by atoms with Gasteiger partial charge in [-0.15, -0.1) is 11.3 Å². The summed E-state index contributed by atoms with van der Waals surface area (Å²) in [5, 5.41) is 2.74. The molecule has 1 aromatic heterocycles. The molecule has 2 heterocycles. The van der Waals surface area contributed by atoms with Gasteiger partial charge < -0.3 is 18.6 Å². The quantitative estimate of drug-likeness (QED) is 0.122. The van der Waals surface area contributed by atoms with Crippen LogP contribution in [0.25, 0.3) is 6.08 Å². The molecule has 1 aliphatic heterocycles. The summed E-state index contributed by atoms with van der Waals surface area (Å²) in [6.45, 7) is 23.3. The minimum absolute atomic E-state index is 0.132. The maximum Gasteiger partial charge on any atom is 0.508 e. The number of cyclic esters (lactones) is 1. The van der Waals surface area contributed by atoms with E-state index in [1.54, 1.807) is 32.1 Å². The predicted octanol–water partition coefficient (Wildman–Crippen LogP) is 10.8. The van der Waals surface area contributed by atoms with Crippen molar-refractivity contribution in [2.75, 3.05) is 6.61 Å². The zero-order chi connectivity index (χ0) is 37.5. The number of carbonyl (C=O) groups is 3. The van der Waals surface area contributed by atoms with Crippen LogP contribution in [0.5, 0.6) is 0 Å². The first-order valence-electron chi connectivity index (χ1n) is 16.9. The standard InChI is InChI=1S/C36H56Cl3NO7SSi/c1-22-14-13-15-23(2)31(46-33(43)44-21-36(37,38)39)25(4)32(42)35(9,10)29(47-49(11,12)34(6,7)8)19-30(41)45-28(17-16-22)24(3)18-27-20-48-26(5)40-27/h16,18,20,23,25,28-29,31H,13-15,17,19,21H2,1-12H3/b22-16-,24-18+/t23-,25-,28+,29+,31+/m1/s1. The predicted molar refractivity (Wildman–Crippen MR) is 203 cm³/mol. The van der Waals surface area contributed by atoms with Crippen LogP contribution in [0.15, 0.2) is 22.6 Å². The van der Waals surface area contributed by atoms with E-state index in [4.69, 9.17) is 53.4 Å². The maximum absolute atomic E-state index is 14.6. The summed E-state index contributed by atoms with van der Waals surface area (Å²) >= 11 is 18.9. The van der Waals surface area contributed by atoms with E-state index in [1.165, 1.54) is 0 Å². The Labute approximate surface area is 313 Å². The van der Waals surface area contributed by atoms with Gasteiger partial charge in [-0.3, -0.25) is 9.59 Å². The third-order valence-corrected chi connectivity index (χ3v) is 15.4. The topological polar surface area (TPSA) is 101 Å². The van der Waals surface area contributed by atoms with Crippen LogP contribution in [0.3, 0.4) is 0 Å². The number of alkyl halides is 3. The number of thiazole rings is 1. The number of aryl methyl sites for hydroxylation is 1. The van der Waals surface area contributed by atoms with Crippen molar-refractivity contribution in [2.24, 2.45) is 17.3 Å². The normalized spacial score (nSPS) is 26.8. The van der Waals surface area contributed by atoms with E-state index in [1.807, 2.05) is 32.2 Å². The molecule has 0 aliphatic carbocycles. The highest BCUT2D eigenvalue weighted by atomic mass is 35.6.